The summed E-state index contributed by atoms with van der Waals surface area (Å²) in [4.78, 5) is 35.0. The van der Waals surface area contributed by atoms with Gasteiger partial charge in [-0.3, -0.25) is 19.6 Å². The zero-order valence-corrected chi connectivity index (χ0v) is 14.9. The summed E-state index contributed by atoms with van der Waals surface area (Å²) in [6.07, 6.45) is 0. The monoisotopic (exact) mass is 395 g/mol. The van der Waals surface area contributed by atoms with Crippen LogP contribution in [0.5, 0.6) is 0 Å². The Balaban J connectivity index is 1.83. The Bertz CT molecular complexity index is 1300. The number of benzene rings is 3. The second-order valence-corrected chi connectivity index (χ2v) is 7.81. The van der Waals surface area contributed by atoms with E-state index in [1.165, 1.54) is 30.3 Å². The van der Waals surface area contributed by atoms with Crippen molar-refractivity contribution in [3.05, 3.63) is 71.3 Å². The van der Waals surface area contributed by atoms with Gasteiger partial charge in [0.2, 0.25) is 0 Å². The van der Waals surface area contributed by atoms with E-state index in [4.69, 9.17) is 0 Å². The van der Waals surface area contributed by atoms with E-state index in [2.05, 4.69) is 10.0 Å². The molecule has 140 valence electrons. The van der Waals surface area contributed by atoms with Crippen LogP contribution in [0.4, 0.5) is 5.69 Å². The maximum Gasteiger partial charge on any atom is 0.261 e. The standard InChI is InChI=1S/C19H12N2O6S/c22-17-14-6-2-3-10-8-13(9-15(16(10)14)18(23)20-17)28(26,27)21-12-5-1-4-11(7-12)19(24)25/h1-9,21H,(H,24,25)(H,20,22,23)/p-1. The van der Waals surface area contributed by atoms with Crippen molar-refractivity contribution >= 4 is 44.3 Å². The summed E-state index contributed by atoms with van der Waals surface area (Å²) in [5.74, 6) is -2.68. The van der Waals surface area contributed by atoms with Crippen LogP contribution in [0.25, 0.3) is 10.8 Å². The van der Waals surface area contributed by atoms with Gasteiger partial charge in [-0.2, -0.15) is 0 Å². The SMILES string of the molecule is O=C([O-])c1cccc(NS(=O)(=O)c2cc3c4c(cccc4c2)C(=O)NC3=O)c1. The van der Waals surface area contributed by atoms with Gasteiger partial charge in [0.05, 0.1) is 10.9 Å². The number of carboxylic acid groups (broad SMARTS) is 1. The summed E-state index contributed by atoms with van der Waals surface area (Å²) in [5, 5.41) is 13.9. The minimum atomic E-state index is -4.13. The molecule has 0 saturated heterocycles. The van der Waals surface area contributed by atoms with E-state index in [1.807, 2.05) is 0 Å². The number of imide groups is 1. The number of amides is 2. The molecule has 0 saturated carbocycles. The third-order valence-corrected chi connectivity index (χ3v) is 5.69. The van der Waals surface area contributed by atoms with Crippen molar-refractivity contribution in [2.24, 2.45) is 0 Å². The van der Waals surface area contributed by atoms with Gasteiger partial charge in [-0.05, 0) is 41.3 Å². The minimum Gasteiger partial charge on any atom is -0.545 e. The van der Waals surface area contributed by atoms with Crippen LogP contribution in [-0.2, 0) is 10.0 Å². The number of anilines is 1. The van der Waals surface area contributed by atoms with Crippen LogP contribution in [0.15, 0.2) is 59.5 Å². The fraction of sp³-hybridized carbons (Fsp3) is 0. The Morgan fingerprint density at radius 2 is 1.64 bits per heavy atom. The van der Waals surface area contributed by atoms with Crippen molar-refractivity contribution in [1.29, 1.82) is 0 Å². The van der Waals surface area contributed by atoms with Crippen molar-refractivity contribution in [1.82, 2.24) is 5.32 Å². The maximum atomic E-state index is 12.8. The Labute approximate surface area is 158 Å². The van der Waals surface area contributed by atoms with E-state index >= 15 is 0 Å². The Kier molecular flexibility index (Phi) is 3.90. The van der Waals surface area contributed by atoms with Gasteiger partial charge in [0.1, 0.15) is 0 Å². The summed E-state index contributed by atoms with van der Waals surface area (Å²) in [5.41, 5.74) is 0.197. The average Bonchev–Trinajstić information content (AvgIpc) is 2.65. The second-order valence-electron chi connectivity index (χ2n) is 6.13. The molecule has 28 heavy (non-hydrogen) atoms. The summed E-state index contributed by atoms with van der Waals surface area (Å²) in [7, 11) is -4.13. The van der Waals surface area contributed by atoms with Crippen LogP contribution < -0.4 is 15.1 Å². The topological polar surface area (TPSA) is 132 Å². The van der Waals surface area contributed by atoms with Crippen molar-refractivity contribution in [2.75, 3.05) is 4.72 Å². The van der Waals surface area contributed by atoms with Crippen LogP contribution in [0.3, 0.4) is 0 Å². The molecule has 9 heteroatoms. The van der Waals surface area contributed by atoms with Gasteiger partial charge < -0.3 is 9.90 Å². The first-order valence-electron chi connectivity index (χ1n) is 8.03. The Hall–Kier alpha value is -3.72. The van der Waals surface area contributed by atoms with E-state index in [0.29, 0.717) is 10.8 Å². The first-order valence-corrected chi connectivity index (χ1v) is 9.51. The molecule has 8 nitrogen and oxygen atoms in total. The quantitative estimate of drug-likeness (QED) is 0.631. The van der Waals surface area contributed by atoms with Gasteiger partial charge in [0, 0.05) is 22.2 Å². The molecule has 3 aromatic rings. The van der Waals surface area contributed by atoms with Gasteiger partial charge >= 0.3 is 0 Å². The van der Waals surface area contributed by atoms with Gasteiger partial charge in [0.15, 0.2) is 0 Å². The number of rotatable bonds is 4. The van der Waals surface area contributed by atoms with Crippen LogP contribution in [0, 0.1) is 0 Å². The third kappa shape index (κ3) is 2.87. The molecule has 1 heterocycles. The summed E-state index contributed by atoms with van der Waals surface area (Å²) >= 11 is 0. The van der Waals surface area contributed by atoms with Gasteiger partial charge in [0.25, 0.3) is 21.8 Å². The molecule has 2 amide bonds. The molecule has 0 spiro atoms. The van der Waals surface area contributed by atoms with Crippen molar-refractivity contribution < 1.29 is 27.9 Å². The van der Waals surface area contributed by atoms with Crippen molar-refractivity contribution in [3.8, 4) is 0 Å². The van der Waals surface area contributed by atoms with E-state index in [9.17, 15) is 27.9 Å². The number of aromatic carboxylic acids is 1. The minimum absolute atomic E-state index is 0.0313. The number of hydrogen-bond donors (Lipinski definition) is 2. The number of hydrogen-bond acceptors (Lipinski definition) is 6. The van der Waals surface area contributed by atoms with E-state index in [0.717, 1.165) is 6.07 Å². The van der Waals surface area contributed by atoms with Gasteiger partial charge in [-0.1, -0.05) is 24.3 Å². The molecule has 2 N–H and O–H groups in total. The molecular weight excluding hydrogens is 384 g/mol. The molecule has 0 aromatic heterocycles. The van der Waals surface area contributed by atoms with E-state index < -0.39 is 27.8 Å². The molecule has 0 unspecified atom stereocenters. The molecule has 4 rings (SSSR count). The highest BCUT2D eigenvalue weighted by molar-refractivity contribution is 7.92. The normalized spacial score (nSPS) is 13.3. The Morgan fingerprint density at radius 3 is 2.39 bits per heavy atom. The molecule has 0 radical (unpaired) electrons. The van der Waals surface area contributed by atoms with Crippen LogP contribution >= 0.6 is 0 Å². The lowest BCUT2D eigenvalue weighted by atomic mass is 9.95. The first kappa shape index (κ1) is 17.7. The first-order chi connectivity index (χ1) is 13.3. The highest BCUT2D eigenvalue weighted by Crippen LogP contribution is 2.30. The maximum absolute atomic E-state index is 12.8. The number of carbonyl (C=O) groups is 3. The zero-order chi connectivity index (χ0) is 20.1. The molecule has 3 aromatic carbocycles. The highest BCUT2D eigenvalue weighted by atomic mass is 32.2. The van der Waals surface area contributed by atoms with Crippen LogP contribution in [0.2, 0.25) is 0 Å². The number of carbonyl (C=O) groups excluding carboxylic acids is 3. The average molecular weight is 395 g/mol. The van der Waals surface area contributed by atoms with E-state index in [-0.39, 0.29) is 27.3 Å². The predicted octanol–water partition coefficient (Wildman–Crippen LogP) is 0.888. The molecule has 0 bridgehead atoms. The molecule has 0 fully saturated rings. The fourth-order valence-electron chi connectivity index (χ4n) is 3.09. The van der Waals surface area contributed by atoms with Gasteiger partial charge in [-0.25, -0.2) is 8.42 Å². The van der Waals surface area contributed by atoms with Gasteiger partial charge in [-0.15, -0.1) is 0 Å². The lowest BCUT2D eigenvalue weighted by molar-refractivity contribution is -0.255. The predicted molar refractivity (Wildman–Crippen MR) is 97.3 cm³/mol. The molecule has 0 atom stereocenters. The zero-order valence-electron chi connectivity index (χ0n) is 14.1. The Morgan fingerprint density at radius 1 is 0.929 bits per heavy atom. The van der Waals surface area contributed by atoms with E-state index in [1.54, 1.807) is 18.2 Å². The second kappa shape index (κ2) is 6.17. The largest absolute Gasteiger partial charge is 0.545 e. The molecule has 0 aliphatic carbocycles. The number of nitrogens with one attached hydrogen (secondary N) is 2. The third-order valence-electron chi connectivity index (χ3n) is 4.33. The molecule has 1 aliphatic rings. The lowest BCUT2D eigenvalue weighted by Crippen LogP contribution is -2.34. The lowest BCUT2D eigenvalue weighted by Gasteiger charge is -2.18. The smallest absolute Gasteiger partial charge is 0.261 e. The highest BCUT2D eigenvalue weighted by Gasteiger charge is 2.27. The fourth-order valence-corrected chi connectivity index (χ4v) is 4.20. The molecular formula is C19H11N2O6S-. The van der Waals surface area contributed by atoms with Crippen LogP contribution in [0.1, 0.15) is 31.1 Å². The summed E-state index contributed by atoms with van der Waals surface area (Å²) in [6, 6.07) is 12.4. The number of sulfonamides is 1. The summed E-state index contributed by atoms with van der Waals surface area (Å²) < 4.78 is 27.9. The molecule has 1 aliphatic heterocycles. The van der Waals surface area contributed by atoms with Crippen molar-refractivity contribution in [3.63, 3.8) is 0 Å². The summed E-state index contributed by atoms with van der Waals surface area (Å²) in [6.45, 7) is 0. The number of carboxylic acids is 1. The van der Waals surface area contributed by atoms with Crippen LogP contribution in [-0.4, -0.2) is 26.2 Å². The van der Waals surface area contributed by atoms with Crippen molar-refractivity contribution in [2.45, 2.75) is 4.90 Å².